The molecule has 0 radical (unpaired) electrons. The van der Waals surface area contributed by atoms with Gasteiger partial charge in [-0.1, -0.05) is 6.92 Å². The highest BCUT2D eigenvalue weighted by Gasteiger charge is 2.23. The van der Waals surface area contributed by atoms with Crippen LogP contribution in [-0.2, 0) is 4.79 Å². The number of piperazine rings is 1. The number of amides is 2. The Bertz CT molecular complexity index is 262. The third-order valence-electron chi connectivity index (χ3n) is 2.79. The van der Waals surface area contributed by atoms with Crippen molar-refractivity contribution in [2.24, 2.45) is 0 Å². The molecule has 1 fully saturated rings. The summed E-state index contributed by atoms with van der Waals surface area (Å²) < 4.78 is 0. The van der Waals surface area contributed by atoms with Crippen LogP contribution in [0.25, 0.3) is 0 Å². The summed E-state index contributed by atoms with van der Waals surface area (Å²) in [7, 11) is 2.00. The Morgan fingerprint density at radius 1 is 1.31 bits per heavy atom. The molecule has 6 heteroatoms. The normalized spacial score (nSPS) is 19.2. The molecule has 0 aromatic rings. The number of aliphatic carboxylic acids is 1. The van der Waals surface area contributed by atoms with Gasteiger partial charge in [0.1, 0.15) is 6.04 Å². The van der Waals surface area contributed by atoms with E-state index in [1.165, 1.54) is 0 Å². The first kappa shape index (κ1) is 12.8. The maximum Gasteiger partial charge on any atom is 0.326 e. The van der Waals surface area contributed by atoms with E-state index in [9.17, 15) is 9.59 Å². The monoisotopic (exact) mass is 229 g/mol. The number of carboxylic acids is 1. The van der Waals surface area contributed by atoms with E-state index < -0.39 is 12.0 Å². The molecule has 1 rings (SSSR count). The maximum absolute atomic E-state index is 11.7. The van der Waals surface area contributed by atoms with Gasteiger partial charge in [-0.15, -0.1) is 0 Å². The molecular weight excluding hydrogens is 210 g/mol. The van der Waals surface area contributed by atoms with Crippen LogP contribution in [0.3, 0.4) is 0 Å². The van der Waals surface area contributed by atoms with E-state index in [4.69, 9.17) is 5.11 Å². The van der Waals surface area contributed by atoms with Gasteiger partial charge in [-0.2, -0.15) is 0 Å². The Hall–Kier alpha value is -1.30. The van der Waals surface area contributed by atoms with Gasteiger partial charge in [0.15, 0.2) is 0 Å². The average molecular weight is 229 g/mol. The summed E-state index contributed by atoms with van der Waals surface area (Å²) in [5.74, 6) is -0.982. The number of carboxylic acid groups (broad SMARTS) is 1. The van der Waals surface area contributed by atoms with Gasteiger partial charge < -0.3 is 20.2 Å². The van der Waals surface area contributed by atoms with Gasteiger partial charge in [-0.05, 0) is 13.5 Å². The summed E-state index contributed by atoms with van der Waals surface area (Å²) in [4.78, 5) is 26.3. The lowest BCUT2D eigenvalue weighted by molar-refractivity contribution is -0.139. The minimum Gasteiger partial charge on any atom is -0.480 e. The maximum atomic E-state index is 11.7. The van der Waals surface area contributed by atoms with Gasteiger partial charge in [-0.25, -0.2) is 9.59 Å². The molecule has 0 bridgehead atoms. The van der Waals surface area contributed by atoms with E-state index >= 15 is 0 Å². The quantitative estimate of drug-likeness (QED) is 0.703. The molecule has 6 nitrogen and oxygen atoms in total. The molecule has 0 aromatic carbocycles. The number of likely N-dealkylation sites (N-methyl/N-ethyl adjacent to an activating group) is 1. The zero-order valence-electron chi connectivity index (χ0n) is 9.77. The summed E-state index contributed by atoms with van der Waals surface area (Å²) in [6.45, 7) is 4.70. The number of carbonyl (C=O) groups excluding carboxylic acids is 1. The molecular formula is C10H19N3O3. The minimum absolute atomic E-state index is 0.276. The fourth-order valence-corrected chi connectivity index (χ4v) is 1.59. The summed E-state index contributed by atoms with van der Waals surface area (Å²) in [6, 6.07) is -1.06. The van der Waals surface area contributed by atoms with Crippen LogP contribution < -0.4 is 5.32 Å². The number of nitrogens with zero attached hydrogens (tertiary/aromatic N) is 2. The van der Waals surface area contributed by atoms with Crippen molar-refractivity contribution in [1.82, 2.24) is 15.1 Å². The standard InChI is InChI=1S/C10H19N3O3/c1-3-8(9(14)15)11-10(16)13-6-4-12(2)5-7-13/h8H,3-7H2,1-2H3,(H,11,16)(H,14,15). The lowest BCUT2D eigenvalue weighted by atomic mass is 10.2. The van der Waals surface area contributed by atoms with Crippen LogP contribution in [0.5, 0.6) is 0 Å². The molecule has 1 saturated heterocycles. The molecule has 1 unspecified atom stereocenters. The molecule has 2 N–H and O–H groups in total. The van der Waals surface area contributed by atoms with Crippen LogP contribution >= 0.6 is 0 Å². The Balaban J connectivity index is 2.42. The van der Waals surface area contributed by atoms with Gasteiger partial charge in [0, 0.05) is 26.2 Å². The van der Waals surface area contributed by atoms with E-state index in [-0.39, 0.29) is 6.03 Å². The molecule has 0 saturated carbocycles. The van der Waals surface area contributed by atoms with Crippen LogP contribution in [-0.4, -0.2) is 66.2 Å². The minimum atomic E-state index is -0.982. The summed E-state index contributed by atoms with van der Waals surface area (Å²) >= 11 is 0. The second-order valence-corrected chi connectivity index (χ2v) is 4.04. The van der Waals surface area contributed by atoms with Crippen LogP contribution in [0, 0.1) is 0 Å². The topological polar surface area (TPSA) is 72.9 Å². The fraction of sp³-hybridized carbons (Fsp3) is 0.800. The third kappa shape index (κ3) is 3.37. The Labute approximate surface area is 95.2 Å². The molecule has 92 valence electrons. The lowest BCUT2D eigenvalue weighted by Crippen LogP contribution is -2.53. The van der Waals surface area contributed by atoms with Gasteiger partial charge >= 0.3 is 12.0 Å². The zero-order valence-corrected chi connectivity index (χ0v) is 9.77. The Morgan fingerprint density at radius 3 is 2.31 bits per heavy atom. The molecule has 0 aliphatic carbocycles. The number of hydrogen-bond donors (Lipinski definition) is 2. The second-order valence-electron chi connectivity index (χ2n) is 4.04. The van der Waals surface area contributed by atoms with E-state index in [1.807, 2.05) is 7.05 Å². The van der Waals surface area contributed by atoms with E-state index in [0.29, 0.717) is 19.5 Å². The number of rotatable bonds is 3. The number of carbonyl (C=O) groups is 2. The highest BCUT2D eigenvalue weighted by molar-refractivity contribution is 5.82. The van der Waals surface area contributed by atoms with Crippen molar-refractivity contribution < 1.29 is 14.7 Å². The number of hydrogen-bond acceptors (Lipinski definition) is 3. The largest absolute Gasteiger partial charge is 0.480 e. The second kappa shape index (κ2) is 5.69. The molecule has 16 heavy (non-hydrogen) atoms. The van der Waals surface area contributed by atoms with Crippen molar-refractivity contribution in [3.05, 3.63) is 0 Å². The van der Waals surface area contributed by atoms with Gasteiger partial charge in [0.2, 0.25) is 0 Å². The van der Waals surface area contributed by atoms with Crippen molar-refractivity contribution in [2.45, 2.75) is 19.4 Å². The number of urea groups is 1. The highest BCUT2D eigenvalue weighted by atomic mass is 16.4. The molecule has 1 atom stereocenters. The lowest BCUT2D eigenvalue weighted by Gasteiger charge is -2.33. The Morgan fingerprint density at radius 2 is 1.88 bits per heavy atom. The molecule has 1 aliphatic heterocycles. The highest BCUT2D eigenvalue weighted by Crippen LogP contribution is 2.01. The smallest absolute Gasteiger partial charge is 0.326 e. The molecule has 1 aliphatic rings. The van der Waals surface area contributed by atoms with Gasteiger partial charge in [0.05, 0.1) is 0 Å². The van der Waals surface area contributed by atoms with Crippen molar-refractivity contribution in [1.29, 1.82) is 0 Å². The SMILES string of the molecule is CCC(NC(=O)N1CCN(C)CC1)C(=O)O. The van der Waals surface area contributed by atoms with Crippen molar-refractivity contribution in [3.8, 4) is 0 Å². The first-order valence-corrected chi connectivity index (χ1v) is 5.51. The van der Waals surface area contributed by atoms with Crippen molar-refractivity contribution in [2.75, 3.05) is 33.2 Å². The zero-order chi connectivity index (χ0) is 12.1. The summed E-state index contributed by atoms with van der Waals surface area (Å²) in [6.07, 6.45) is 0.398. The van der Waals surface area contributed by atoms with E-state index in [2.05, 4.69) is 10.2 Å². The van der Waals surface area contributed by atoms with Crippen molar-refractivity contribution in [3.63, 3.8) is 0 Å². The summed E-state index contributed by atoms with van der Waals surface area (Å²) in [5.41, 5.74) is 0. The molecule has 0 aromatic heterocycles. The predicted molar refractivity (Wildman–Crippen MR) is 59.3 cm³/mol. The fourth-order valence-electron chi connectivity index (χ4n) is 1.59. The van der Waals surface area contributed by atoms with Crippen LogP contribution in [0.4, 0.5) is 4.79 Å². The summed E-state index contributed by atoms with van der Waals surface area (Å²) in [5, 5.41) is 11.3. The van der Waals surface area contributed by atoms with Gasteiger partial charge in [-0.3, -0.25) is 0 Å². The molecule has 0 spiro atoms. The first-order valence-electron chi connectivity index (χ1n) is 5.51. The number of nitrogens with one attached hydrogen (secondary N) is 1. The Kier molecular flexibility index (Phi) is 4.54. The molecule has 2 amide bonds. The van der Waals surface area contributed by atoms with Crippen LogP contribution in [0.1, 0.15) is 13.3 Å². The van der Waals surface area contributed by atoms with E-state index in [0.717, 1.165) is 13.1 Å². The average Bonchev–Trinajstić information content (AvgIpc) is 2.26. The van der Waals surface area contributed by atoms with Crippen LogP contribution in [0.15, 0.2) is 0 Å². The van der Waals surface area contributed by atoms with Crippen molar-refractivity contribution >= 4 is 12.0 Å². The first-order chi connectivity index (χ1) is 7.54. The van der Waals surface area contributed by atoms with Crippen LogP contribution in [0.2, 0.25) is 0 Å². The third-order valence-corrected chi connectivity index (χ3v) is 2.79. The van der Waals surface area contributed by atoms with E-state index in [1.54, 1.807) is 11.8 Å². The van der Waals surface area contributed by atoms with Gasteiger partial charge in [0.25, 0.3) is 0 Å². The molecule has 1 heterocycles. The predicted octanol–water partition coefficient (Wildman–Crippen LogP) is -0.193.